The minimum atomic E-state index is 0.378. The molecule has 80 valence electrons. The normalized spacial score (nSPS) is 11.2. The maximum Gasteiger partial charge on any atom is 0.214 e. The van der Waals surface area contributed by atoms with Gasteiger partial charge < -0.3 is 0 Å². The van der Waals surface area contributed by atoms with Gasteiger partial charge in [0, 0.05) is 36.3 Å². The van der Waals surface area contributed by atoms with Crippen LogP contribution in [0.3, 0.4) is 0 Å². The summed E-state index contributed by atoms with van der Waals surface area (Å²) in [6.45, 7) is 6.28. The van der Waals surface area contributed by atoms with E-state index >= 15 is 0 Å². The number of hydrogen-bond acceptors (Lipinski definition) is 4. The van der Waals surface area contributed by atoms with Gasteiger partial charge in [0.15, 0.2) is 0 Å². The van der Waals surface area contributed by atoms with Gasteiger partial charge in [-0.3, -0.25) is 4.57 Å². The van der Waals surface area contributed by atoms with Crippen LogP contribution in [0, 0.1) is 0 Å². The Morgan fingerprint density at radius 2 is 2.27 bits per heavy atom. The molecule has 0 fully saturated rings. The Balaban J connectivity index is 2.37. The largest absolute Gasteiger partial charge is 0.278 e. The highest BCUT2D eigenvalue weighted by Crippen LogP contribution is 2.18. The van der Waals surface area contributed by atoms with Crippen LogP contribution in [0.15, 0.2) is 12.4 Å². The molecule has 0 spiro atoms. The van der Waals surface area contributed by atoms with E-state index in [9.17, 15) is 0 Å². The average Bonchev–Trinajstić information content (AvgIpc) is 2.85. The molecule has 15 heavy (non-hydrogen) atoms. The maximum absolute atomic E-state index is 4.49. The van der Waals surface area contributed by atoms with Crippen LogP contribution in [0.4, 0.5) is 0 Å². The zero-order valence-corrected chi connectivity index (χ0v) is 9.95. The maximum atomic E-state index is 4.49. The minimum absolute atomic E-state index is 0.378. The molecule has 0 bridgehead atoms. The third-order valence-electron chi connectivity index (χ3n) is 2.19. The van der Waals surface area contributed by atoms with Gasteiger partial charge in [-0.05, 0) is 0 Å². The highest BCUT2D eigenvalue weighted by molar-refractivity contribution is 7.08. The van der Waals surface area contributed by atoms with Gasteiger partial charge in [-0.2, -0.15) is 4.37 Å². The summed E-state index contributed by atoms with van der Waals surface area (Å²) in [4.78, 5) is 8.76. The first-order valence-corrected chi connectivity index (χ1v) is 5.86. The Kier molecular flexibility index (Phi) is 2.81. The van der Waals surface area contributed by atoms with E-state index in [4.69, 9.17) is 0 Å². The van der Waals surface area contributed by atoms with Crippen molar-refractivity contribution in [1.29, 1.82) is 0 Å². The molecule has 5 heteroatoms. The summed E-state index contributed by atoms with van der Waals surface area (Å²) in [6, 6.07) is 0. The molecule has 2 rings (SSSR count). The zero-order chi connectivity index (χ0) is 10.8. The topological polar surface area (TPSA) is 43.6 Å². The number of hydrogen-bond donors (Lipinski definition) is 0. The fourth-order valence-corrected chi connectivity index (χ4v) is 2.14. The lowest BCUT2D eigenvalue weighted by Gasteiger charge is -2.00. The summed E-state index contributed by atoms with van der Waals surface area (Å²) in [5, 5.41) is 0.910. The summed E-state index contributed by atoms with van der Waals surface area (Å²) in [5.74, 6) is 2.32. The number of aryl methyl sites for hydroxylation is 1. The number of aromatic nitrogens is 4. The summed E-state index contributed by atoms with van der Waals surface area (Å²) in [7, 11) is 0. The zero-order valence-electron chi connectivity index (χ0n) is 9.14. The van der Waals surface area contributed by atoms with Gasteiger partial charge in [0.1, 0.15) is 11.6 Å². The molecule has 0 aliphatic carbocycles. The van der Waals surface area contributed by atoms with Crippen molar-refractivity contribution in [3.8, 4) is 5.13 Å². The minimum Gasteiger partial charge on any atom is -0.278 e. The van der Waals surface area contributed by atoms with Gasteiger partial charge in [-0.25, -0.2) is 9.97 Å². The van der Waals surface area contributed by atoms with Gasteiger partial charge in [-0.15, -0.1) is 0 Å². The Labute approximate surface area is 93.2 Å². The summed E-state index contributed by atoms with van der Waals surface area (Å²) in [5.41, 5.74) is 0. The van der Waals surface area contributed by atoms with Crippen molar-refractivity contribution in [2.75, 3.05) is 0 Å². The molecule has 0 N–H and O–H groups in total. The van der Waals surface area contributed by atoms with Crippen LogP contribution < -0.4 is 0 Å². The molecule has 0 aliphatic rings. The molecule has 2 aromatic rings. The Morgan fingerprint density at radius 3 is 2.87 bits per heavy atom. The molecule has 0 aliphatic heterocycles. The van der Waals surface area contributed by atoms with Crippen LogP contribution in [-0.2, 0) is 6.42 Å². The van der Waals surface area contributed by atoms with Gasteiger partial charge in [0.2, 0.25) is 5.13 Å². The summed E-state index contributed by atoms with van der Waals surface area (Å²) < 4.78 is 6.33. The lowest BCUT2D eigenvalue weighted by molar-refractivity contribution is 0.787. The number of rotatable bonds is 3. The van der Waals surface area contributed by atoms with E-state index in [1.165, 1.54) is 11.5 Å². The van der Waals surface area contributed by atoms with Crippen molar-refractivity contribution in [3.05, 3.63) is 24.0 Å². The standard InChI is InChI=1S/C10H14N4S/c1-4-8-11-5-6-14(8)10-12-9(7(2)3)13-15-10/h5-7H,4H2,1-3H3. The summed E-state index contributed by atoms with van der Waals surface area (Å²) in [6.07, 6.45) is 4.64. The third kappa shape index (κ3) is 1.92. The van der Waals surface area contributed by atoms with E-state index < -0.39 is 0 Å². The van der Waals surface area contributed by atoms with E-state index in [1.54, 1.807) is 6.20 Å². The second kappa shape index (κ2) is 4.10. The Morgan fingerprint density at radius 1 is 1.47 bits per heavy atom. The van der Waals surface area contributed by atoms with Crippen LogP contribution in [0.5, 0.6) is 0 Å². The van der Waals surface area contributed by atoms with Gasteiger partial charge in [0.05, 0.1) is 0 Å². The molecule has 0 atom stereocenters. The van der Waals surface area contributed by atoms with Crippen LogP contribution in [-0.4, -0.2) is 18.9 Å². The van der Waals surface area contributed by atoms with Crippen molar-refractivity contribution in [1.82, 2.24) is 18.9 Å². The molecular formula is C10H14N4S. The second-order valence-corrected chi connectivity index (χ2v) is 4.39. The molecule has 0 saturated heterocycles. The first-order chi connectivity index (χ1) is 7.22. The van der Waals surface area contributed by atoms with Gasteiger partial charge in [0.25, 0.3) is 0 Å². The fraction of sp³-hybridized carbons (Fsp3) is 0.500. The van der Waals surface area contributed by atoms with E-state index in [0.29, 0.717) is 5.92 Å². The molecule has 0 saturated carbocycles. The average molecular weight is 222 g/mol. The van der Waals surface area contributed by atoms with Crippen molar-refractivity contribution in [3.63, 3.8) is 0 Å². The monoisotopic (exact) mass is 222 g/mol. The van der Waals surface area contributed by atoms with Gasteiger partial charge in [-0.1, -0.05) is 20.8 Å². The van der Waals surface area contributed by atoms with Crippen LogP contribution >= 0.6 is 11.5 Å². The highest BCUT2D eigenvalue weighted by atomic mass is 32.1. The lowest BCUT2D eigenvalue weighted by atomic mass is 10.2. The van der Waals surface area contributed by atoms with E-state index in [0.717, 1.165) is 23.2 Å². The van der Waals surface area contributed by atoms with Crippen molar-refractivity contribution >= 4 is 11.5 Å². The second-order valence-electron chi connectivity index (χ2n) is 3.66. The molecular weight excluding hydrogens is 208 g/mol. The first-order valence-electron chi connectivity index (χ1n) is 5.08. The van der Waals surface area contributed by atoms with Crippen LogP contribution in [0.1, 0.15) is 38.3 Å². The van der Waals surface area contributed by atoms with Crippen molar-refractivity contribution in [2.24, 2.45) is 0 Å². The highest BCUT2D eigenvalue weighted by Gasteiger charge is 2.10. The Bertz CT molecular complexity index is 444. The lowest BCUT2D eigenvalue weighted by Crippen LogP contribution is -1.99. The predicted molar refractivity (Wildman–Crippen MR) is 60.5 cm³/mol. The van der Waals surface area contributed by atoms with E-state index in [1.807, 2.05) is 10.8 Å². The third-order valence-corrected chi connectivity index (χ3v) is 2.92. The fourth-order valence-electron chi connectivity index (χ4n) is 1.33. The van der Waals surface area contributed by atoms with Gasteiger partial charge >= 0.3 is 0 Å². The Hall–Kier alpha value is -1.23. The molecule has 2 aromatic heterocycles. The van der Waals surface area contributed by atoms with Crippen LogP contribution in [0.2, 0.25) is 0 Å². The predicted octanol–water partition coefficient (Wildman–Crippen LogP) is 2.41. The quantitative estimate of drug-likeness (QED) is 0.801. The molecule has 0 amide bonds. The van der Waals surface area contributed by atoms with Crippen molar-refractivity contribution < 1.29 is 0 Å². The molecule has 0 aromatic carbocycles. The molecule has 0 radical (unpaired) electrons. The van der Waals surface area contributed by atoms with Crippen LogP contribution in [0.25, 0.3) is 5.13 Å². The number of imidazole rings is 1. The van der Waals surface area contributed by atoms with E-state index in [-0.39, 0.29) is 0 Å². The molecule has 0 unspecified atom stereocenters. The summed E-state index contributed by atoms with van der Waals surface area (Å²) >= 11 is 1.43. The van der Waals surface area contributed by atoms with Crippen molar-refractivity contribution in [2.45, 2.75) is 33.1 Å². The molecule has 2 heterocycles. The SMILES string of the molecule is CCc1nccn1-c1nc(C(C)C)ns1. The smallest absolute Gasteiger partial charge is 0.214 e. The molecule has 4 nitrogen and oxygen atoms in total. The van der Waals surface area contributed by atoms with E-state index in [2.05, 4.69) is 35.1 Å². The first kappa shape index (κ1) is 10.3. The number of nitrogens with zero attached hydrogens (tertiary/aromatic N) is 4.